The molecule has 4 amide bonds. The molecule has 0 aliphatic carbocycles. The average Bonchev–Trinajstić information content (AvgIpc) is 2.92. The number of nitrogens with one attached hydrogen (secondary N) is 2. The van der Waals surface area contributed by atoms with Crippen LogP contribution in [0.25, 0.3) is 0 Å². The van der Waals surface area contributed by atoms with Crippen LogP contribution in [0.1, 0.15) is 19.1 Å². The van der Waals surface area contributed by atoms with Crippen LogP contribution in [-0.4, -0.2) is 53.7 Å². The lowest BCUT2D eigenvalue weighted by molar-refractivity contribution is -0.132. The number of urea groups is 1. The van der Waals surface area contributed by atoms with Crippen molar-refractivity contribution in [1.82, 2.24) is 15.4 Å². The van der Waals surface area contributed by atoms with Crippen LogP contribution in [0.3, 0.4) is 0 Å². The molecule has 9 heteroatoms. The van der Waals surface area contributed by atoms with Crippen molar-refractivity contribution in [2.75, 3.05) is 25.6 Å². The molecule has 0 spiro atoms. The predicted molar refractivity (Wildman–Crippen MR) is 75.0 cm³/mol. The number of anilines is 1. The Balaban J connectivity index is 1.89. The van der Waals surface area contributed by atoms with Gasteiger partial charge in [-0.3, -0.25) is 14.5 Å². The fourth-order valence-corrected chi connectivity index (χ4v) is 2.18. The molecule has 1 atom stereocenters. The van der Waals surface area contributed by atoms with E-state index < -0.39 is 17.5 Å². The second-order valence-corrected chi connectivity index (χ2v) is 5.27. The Kier molecular flexibility index (Phi) is 4.45. The maximum absolute atomic E-state index is 12.2. The first-order valence-corrected chi connectivity index (χ1v) is 6.72. The van der Waals surface area contributed by atoms with E-state index in [0.717, 1.165) is 4.90 Å². The van der Waals surface area contributed by atoms with E-state index in [1.165, 1.54) is 7.11 Å². The molecule has 0 saturated carbocycles. The molecule has 9 nitrogen and oxygen atoms in total. The Morgan fingerprint density at radius 3 is 2.86 bits per heavy atom. The molecule has 1 aliphatic heterocycles. The Bertz CT molecular complexity index is 599. The molecule has 0 bridgehead atoms. The largest absolute Gasteiger partial charge is 0.382 e. The Morgan fingerprint density at radius 1 is 1.55 bits per heavy atom. The molecule has 120 valence electrons. The van der Waals surface area contributed by atoms with Crippen molar-refractivity contribution in [3.05, 3.63) is 11.8 Å². The number of rotatable bonds is 6. The molecule has 0 aromatic carbocycles. The van der Waals surface area contributed by atoms with Crippen LogP contribution in [0, 0.1) is 6.92 Å². The third kappa shape index (κ3) is 3.25. The standard InChI is InChI=1S/C13H18N4O5/c1-8-6-9(16-22-8)14-10(18)4-5-17-11(19)13(2,7-21-3)15-12(17)20/h6H,4-5,7H2,1-3H3,(H,15,20)(H,14,16,18). The van der Waals surface area contributed by atoms with Gasteiger partial charge in [-0.25, -0.2) is 4.79 Å². The summed E-state index contributed by atoms with van der Waals surface area (Å²) in [5, 5.41) is 8.71. The normalized spacial score (nSPS) is 21.1. The van der Waals surface area contributed by atoms with Gasteiger partial charge in [-0.15, -0.1) is 0 Å². The maximum Gasteiger partial charge on any atom is 0.325 e. The predicted octanol–water partition coefficient (Wildman–Crippen LogP) is 0.269. The molecule has 1 fully saturated rings. The summed E-state index contributed by atoms with van der Waals surface area (Å²) in [5.41, 5.74) is -1.09. The molecule has 2 N–H and O–H groups in total. The van der Waals surface area contributed by atoms with Crippen molar-refractivity contribution in [3.63, 3.8) is 0 Å². The number of carbonyl (C=O) groups is 3. The number of amides is 4. The van der Waals surface area contributed by atoms with Crippen LogP contribution in [0.15, 0.2) is 10.6 Å². The number of imide groups is 1. The van der Waals surface area contributed by atoms with Crippen LogP contribution < -0.4 is 10.6 Å². The smallest absolute Gasteiger partial charge is 0.325 e. The number of aromatic nitrogens is 1. The molecule has 1 aromatic rings. The molecule has 1 aromatic heterocycles. The van der Waals surface area contributed by atoms with Crippen molar-refractivity contribution in [3.8, 4) is 0 Å². The van der Waals surface area contributed by atoms with Crippen molar-refractivity contribution < 1.29 is 23.6 Å². The molecule has 1 unspecified atom stereocenters. The van der Waals surface area contributed by atoms with Crippen LogP contribution in [0.4, 0.5) is 10.6 Å². The van der Waals surface area contributed by atoms with E-state index in [4.69, 9.17) is 9.26 Å². The zero-order chi connectivity index (χ0) is 16.3. The maximum atomic E-state index is 12.2. The Morgan fingerprint density at radius 2 is 2.27 bits per heavy atom. The molecule has 2 rings (SSSR count). The summed E-state index contributed by atoms with van der Waals surface area (Å²) in [5.74, 6) is 0.0855. The summed E-state index contributed by atoms with van der Waals surface area (Å²) in [6, 6.07) is 1.04. The number of carbonyl (C=O) groups excluding carboxylic acids is 3. The monoisotopic (exact) mass is 310 g/mol. The topological polar surface area (TPSA) is 114 Å². The first kappa shape index (κ1) is 16.0. The SMILES string of the molecule is COCC1(C)NC(=O)N(CCC(=O)Nc2cc(C)on2)C1=O. The third-order valence-corrected chi connectivity index (χ3v) is 3.24. The molecular formula is C13H18N4O5. The fourth-order valence-electron chi connectivity index (χ4n) is 2.18. The highest BCUT2D eigenvalue weighted by Crippen LogP contribution is 2.18. The lowest BCUT2D eigenvalue weighted by atomic mass is 10.0. The lowest BCUT2D eigenvalue weighted by Gasteiger charge is -2.20. The van der Waals surface area contributed by atoms with Gasteiger partial charge in [0.15, 0.2) is 5.82 Å². The van der Waals surface area contributed by atoms with E-state index in [1.807, 2.05) is 0 Å². The van der Waals surface area contributed by atoms with Gasteiger partial charge in [0.25, 0.3) is 5.91 Å². The molecule has 1 saturated heterocycles. The Hall–Kier alpha value is -2.42. The van der Waals surface area contributed by atoms with Crippen molar-refractivity contribution in [2.24, 2.45) is 0 Å². The van der Waals surface area contributed by atoms with Gasteiger partial charge >= 0.3 is 6.03 Å². The minimum atomic E-state index is -1.09. The number of aryl methyl sites for hydroxylation is 1. The molecule has 2 heterocycles. The second kappa shape index (κ2) is 6.14. The average molecular weight is 310 g/mol. The van der Waals surface area contributed by atoms with Gasteiger partial charge < -0.3 is 19.9 Å². The zero-order valence-electron chi connectivity index (χ0n) is 12.6. The lowest BCUT2D eigenvalue weighted by Crippen LogP contribution is -2.48. The molecular weight excluding hydrogens is 292 g/mol. The van der Waals surface area contributed by atoms with Gasteiger partial charge in [0.2, 0.25) is 5.91 Å². The van der Waals surface area contributed by atoms with E-state index in [0.29, 0.717) is 11.6 Å². The summed E-state index contributed by atoms with van der Waals surface area (Å²) < 4.78 is 9.77. The van der Waals surface area contributed by atoms with E-state index in [1.54, 1.807) is 19.9 Å². The fraction of sp³-hybridized carbons (Fsp3) is 0.538. The van der Waals surface area contributed by atoms with Crippen LogP contribution in [0.2, 0.25) is 0 Å². The number of hydrogen-bond donors (Lipinski definition) is 2. The van der Waals surface area contributed by atoms with Crippen molar-refractivity contribution >= 4 is 23.7 Å². The summed E-state index contributed by atoms with van der Waals surface area (Å²) in [6.07, 6.45) is -0.0336. The molecule has 22 heavy (non-hydrogen) atoms. The molecule has 1 aliphatic rings. The van der Waals surface area contributed by atoms with Gasteiger partial charge in [-0.1, -0.05) is 5.16 Å². The van der Waals surface area contributed by atoms with Gasteiger partial charge in [0, 0.05) is 26.1 Å². The first-order chi connectivity index (χ1) is 10.4. The van der Waals surface area contributed by atoms with Crippen molar-refractivity contribution in [2.45, 2.75) is 25.8 Å². The van der Waals surface area contributed by atoms with Gasteiger partial charge in [-0.05, 0) is 13.8 Å². The van der Waals surface area contributed by atoms with Crippen LogP contribution >= 0.6 is 0 Å². The summed E-state index contributed by atoms with van der Waals surface area (Å²) in [4.78, 5) is 36.8. The van der Waals surface area contributed by atoms with E-state index in [9.17, 15) is 14.4 Å². The quantitative estimate of drug-likeness (QED) is 0.729. The third-order valence-electron chi connectivity index (χ3n) is 3.24. The van der Waals surface area contributed by atoms with Crippen LogP contribution in [-0.2, 0) is 14.3 Å². The number of methoxy groups -OCH3 is 1. The summed E-state index contributed by atoms with van der Waals surface area (Å²) in [7, 11) is 1.45. The second-order valence-electron chi connectivity index (χ2n) is 5.27. The van der Waals surface area contributed by atoms with Crippen LogP contribution in [0.5, 0.6) is 0 Å². The summed E-state index contributed by atoms with van der Waals surface area (Å²) >= 11 is 0. The van der Waals surface area contributed by atoms with Gasteiger partial charge in [0.1, 0.15) is 11.3 Å². The molecule has 0 radical (unpaired) electrons. The minimum absolute atomic E-state index is 0.0212. The van der Waals surface area contributed by atoms with Gasteiger partial charge in [0.05, 0.1) is 6.61 Å². The minimum Gasteiger partial charge on any atom is -0.382 e. The Labute approximate surface area is 126 Å². The summed E-state index contributed by atoms with van der Waals surface area (Å²) in [6.45, 7) is 3.33. The number of ether oxygens (including phenoxy) is 1. The van der Waals surface area contributed by atoms with E-state index in [2.05, 4.69) is 15.8 Å². The highest BCUT2D eigenvalue weighted by Gasteiger charge is 2.47. The highest BCUT2D eigenvalue weighted by atomic mass is 16.5. The first-order valence-electron chi connectivity index (χ1n) is 6.72. The zero-order valence-corrected chi connectivity index (χ0v) is 12.6. The van der Waals surface area contributed by atoms with Gasteiger partial charge in [-0.2, -0.15) is 0 Å². The number of nitrogens with zero attached hydrogens (tertiary/aromatic N) is 2. The number of hydrogen-bond acceptors (Lipinski definition) is 6. The van der Waals surface area contributed by atoms with E-state index in [-0.39, 0.29) is 25.5 Å². The van der Waals surface area contributed by atoms with E-state index >= 15 is 0 Å². The highest BCUT2D eigenvalue weighted by molar-refractivity contribution is 6.07. The van der Waals surface area contributed by atoms with Crippen molar-refractivity contribution in [1.29, 1.82) is 0 Å².